The fourth-order valence-electron chi connectivity index (χ4n) is 5.88. The van der Waals surface area contributed by atoms with Crippen LogP contribution in [0.4, 0.5) is 9.59 Å². The van der Waals surface area contributed by atoms with Crippen molar-refractivity contribution in [3.8, 4) is 6.57 Å². The van der Waals surface area contributed by atoms with Crippen LogP contribution in [0.5, 0.6) is 0 Å². The molecule has 2 aliphatic carbocycles. The number of carboxylic acid groups (broad SMARTS) is 1. The zero-order valence-corrected chi connectivity index (χ0v) is 35.9. The van der Waals surface area contributed by atoms with Crippen molar-refractivity contribution >= 4 is 35.8 Å². The quantitative estimate of drug-likeness (QED) is 0.156. The summed E-state index contributed by atoms with van der Waals surface area (Å²) in [6.07, 6.45) is 3.43. The maximum atomic E-state index is 13.1. The number of ether oxygens (including phenoxy) is 3. The summed E-state index contributed by atoms with van der Waals surface area (Å²) in [6.45, 7) is 22.3. The van der Waals surface area contributed by atoms with Gasteiger partial charge in [0.1, 0.15) is 17.0 Å². The Kier molecular flexibility index (Phi) is 21.2. The molecule has 0 saturated heterocycles. The average Bonchev–Trinajstić information content (AvgIpc) is 3.12. The third-order valence-electron chi connectivity index (χ3n) is 8.68. The van der Waals surface area contributed by atoms with Crippen molar-refractivity contribution in [2.24, 2.45) is 0 Å². The predicted octanol–water partition coefficient (Wildman–Crippen LogP) is 8.46. The predicted molar refractivity (Wildman–Crippen MR) is 222 cm³/mol. The molecular formula is C44H65N4O10+. The minimum absolute atomic E-state index is 0.0950. The fourth-order valence-corrected chi connectivity index (χ4v) is 5.88. The van der Waals surface area contributed by atoms with Crippen LogP contribution >= 0.6 is 0 Å². The van der Waals surface area contributed by atoms with Crippen molar-refractivity contribution < 1.29 is 48.1 Å². The summed E-state index contributed by atoms with van der Waals surface area (Å²) in [4.78, 5) is 71.8. The van der Waals surface area contributed by atoms with Crippen LogP contribution in [0, 0.1) is 6.57 Å². The van der Waals surface area contributed by atoms with Crippen LogP contribution in [-0.4, -0.2) is 69.8 Å². The van der Waals surface area contributed by atoms with Crippen molar-refractivity contribution in [2.45, 2.75) is 162 Å². The monoisotopic (exact) mass is 809 g/mol. The zero-order valence-electron chi connectivity index (χ0n) is 35.9. The molecule has 0 spiro atoms. The smallest absolute Gasteiger partial charge is 0.407 e. The number of amides is 3. The highest BCUT2D eigenvalue weighted by Crippen LogP contribution is 2.33. The van der Waals surface area contributed by atoms with Gasteiger partial charge in [-0.3, -0.25) is 19.2 Å². The van der Waals surface area contributed by atoms with E-state index in [0.717, 1.165) is 30.9 Å². The summed E-state index contributed by atoms with van der Waals surface area (Å²) in [5.74, 6) is -1.34. The Bertz CT molecular complexity index is 1640. The van der Waals surface area contributed by atoms with Crippen LogP contribution in [0.1, 0.15) is 144 Å². The summed E-state index contributed by atoms with van der Waals surface area (Å²) < 4.78 is 15.9. The zero-order chi connectivity index (χ0) is 44.1. The standard InChI is InChI=1S/C22H32N2O5.C11H19NO3.C9H10N.C2H4O2/c1-15(17-9-7-6-8-10-17)23-19(26)22(28-16(2)25)13-11-18(12-14-22)24-20(27)29-21(3,4)5;1-11(2,3)15-10(14)12-8-4-6-9(13)7-5-8;1-8(10-2)9-6-4-3-5-7-9;1-2(3)4/h6-10,15,18H,11-14H2,1-5H3,(H,23,26)(H,24,27);8H,4-7H2,1-3H3,(H,12,14);2-8H,1H3;1H3,(H,3,4)/q;;+1;. The summed E-state index contributed by atoms with van der Waals surface area (Å²) in [5, 5.41) is 16.0. The number of carbonyl (C=O) groups is 6. The lowest BCUT2D eigenvalue weighted by atomic mass is 9.81. The van der Waals surface area contributed by atoms with Gasteiger partial charge < -0.3 is 35.3 Å². The van der Waals surface area contributed by atoms with Crippen molar-refractivity contribution in [3.05, 3.63) is 76.6 Å². The van der Waals surface area contributed by atoms with Crippen LogP contribution < -0.4 is 16.0 Å². The molecule has 2 saturated carbocycles. The van der Waals surface area contributed by atoms with Crippen LogP contribution in [-0.2, 0) is 33.4 Å². The van der Waals surface area contributed by atoms with Crippen LogP contribution in [0.25, 0.3) is 4.85 Å². The lowest BCUT2D eigenvalue weighted by Gasteiger charge is -2.39. The van der Waals surface area contributed by atoms with E-state index in [1.165, 1.54) is 6.92 Å². The molecule has 14 nitrogen and oxygen atoms in total. The van der Waals surface area contributed by atoms with E-state index in [0.29, 0.717) is 38.5 Å². The maximum absolute atomic E-state index is 13.1. The molecule has 58 heavy (non-hydrogen) atoms. The number of carboxylic acids is 1. The van der Waals surface area contributed by atoms with Crippen molar-refractivity contribution in [2.75, 3.05) is 0 Å². The van der Waals surface area contributed by atoms with Gasteiger partial charge >= 0.3 is 18.2 Å². The molecule has 0 bridgehead atoms. The summed E-state index contributed by atoms with van der Waals surface area (Å²) in [6, 6.07) is 19.4. The molecule has 14 heteroatoms. The molecule has 2 aromatic carbocycles. The van der Waals surface area contributed by atoms with E-state index in [9.17, 15) is 24.0 Å². The lowest BCUT2D eigenvalue weighted by Crippen LogP contribution is -2.54. The first kappa shape index (κ1) is 50.6. The van der Waals surface area contributed by atoms with Gasteiger partial charge in [0.05, 0.1) is 6.04 Å². The second-order valence-electron chi connectivity index (χ2n) is 16.3. The van der Waals surface area contributed by atoms with E-state index in [1.54, 1.807) is 20.8 Å². The third kappa shape index (κ3) is 21.7. The Morgan fingerprint density at radius 1 is 0.741 bits per heavy atom. The van der Waals surface area contributed by atoms with E-state index in [1.807, 2.05) is 95.3 Å². The van der Waals surface area contributed by atoms with Gasteiger partial charge in [0, 0.05) is 51.3 Å². The molecule has 2 fully saturated rings. The van der Waals surface area contributed by atoms with Crippen LogP contribution in [0.3, 0.4) is 0 Å². The molecule has 2 unspecified atom stereocenters. The van der Waals surface area contributed by atoms with E-state index < -0.39 is 34.8 Å². The first-order valence-electron chi connectivity index (χ1n) is 19.7. The van der Waals surface area contributed by atoms with Gasteiger partial charge in [-0.15, -0.1) is 0 Å². The van der Waals surface area contributed by atoms with E-state index in [4.69, 9.17) is 30.7 Å². The number of aliphatic carboxylic acids is 1. The molecule has 0 radical (unpaired) electrons. The summed E-state index contributed by atoms with van der Waals surface area (Å²) >= 11 is 0. The molecule has 3 amide bonds. The number of nitrogens with one attached hydrogen (secondary N) is 3. The number of hydrogen-bond acceptors (Lipinski definition) is 9. The Morgan fingerprint density at radius 3 is 1.52 bits per heavy atom. The first-order valence-corrected chi connectivity index (χ1v) is 19.7. The van der Waals surface area contributed by atoms with E-state index >= 15 is 0 Å². The van der Waals surface area contributed by atoms with Crippen molar-refractivity contribution in [1.29, 1.82) is 0 Å². The molecule has 320 valence electrons. The van der Waals surface area contributed by atoms with E-state index in [2.05, 4.69) is 20.8 Å². The number of alkyl carbamates (subject to hydrolysis) is 2. The Hall–Kier alpha value is -5.45. The summed E-state index contributed by atoms with van der Waals surface area (Å²) in [7, 11) is 0. The number of esters is 1. The topological polar surface area (TPSA) is 191 Å². The molecule has 0 heterocycles. The number of rotatable bonds is 7. The molecule has 2 aromatic rings. The minimum Gasteiger partial charge on any atom is -0.481 e. The molecule has 2 aliphatic rings. The highest BCUT2D eigenvalue weighted by molar-refractivity contribution is 5.88. The SMILES string of the molecule is C#[N+]C(C)c1ccccc1.CC(=O)O.CC(=O)OC1(C(=O)NC(C)c2ccccc2)CCC(NC(=O)OC(C)(C)C)CC1.CC(C)(C)OC(=O)NC1CCC(=O)CC1. The second kappa shape index (κ2) is 24.4. The molecule has 4 rings (SSSR count). The number of nitrogens with zero attached hydrogens (tertiary/aromatic N) is 1. The molecular weight excluding hydrogens is 745 g/mol. The maximum Gasteiger partial charge on any atom is 0.407 e. The van der Waals surface area contributed by atoms with Gasteiger partial charge in [0.2, 0.25) is 0 Å². The molecule has 0 aromatic heterocycles. The third-order valence-corrected chi connectivity index (χ3v) is 8.68. The number of carbonyl (C=O) groups excluding carboxylic acids is 5. The number of Topliss-reactive ketones (excluding diaryl/α,β-unsaturated/α-hetero) is 1. The summed E-state index contributed by atoms with van der Waals surface area (Å²) in [5.41, 5.74) is -0.132. The first-order chi connectivity index (χ1) is 26.9. The highest BCUT2D eigenvalue weighted by atomic mass is 16.6. The number of benzene rings is 2. The fraction of sp³-hybridized carbons (Fsp3) is 0.568. The number of ketones is 1. The normalized spacial score (nSPS) is 18.8. The lowest BCUT2D eigenvalue weighted by molar-refractivity contribution is -0.171. The van der Waals surface area contributed by atoms with Crippen LogP contribution in [0.2, 0.25) is 0 Å². The molecule has 4 N–H and O–H groups in total. The number of hydrogen-bond donors (Lipinski definition) is 4. The van der Waals surface area contributed by atoms with Gasteiger partial charge in [-0.25, -0.2) is 9.59 Å². The van der Waals surface area contributed by atoms with Crippen molar-refractivity contribution in [3.63, 3.8) is 0 Å². The van der Waals surface area contributed by atoms with Gasteiger partial charge in [-0.05, 0) is 92.6 Å². The van der Waals surface area contributed by atoms with E-state index in [-0.39, 0.29) is 42.0 Å². The molecule has 0 aliphatic heterocycles. The van der Waals surface area contributed by atoms with Gasteiger partial charge in [-0.1, -0.05) is 65.5 Å². The Balaban J connectivity index is 0.000000478. The van der Waals surface area contributed by atoms with Gasteiger partial charge in [-0.2, -0.15) is 0 Å². The van der Waals surface area contributed by atoms with Crippen molar-refractivity contribution in [1.82, 2.24) is 16.0 Å². The minimum atomic E-state index is -1.22. The van der Waals surface area contributed by atoms with Crippen LogP contribution in [0.15, 0.2) is 60.7 Å². The van der Waals surface area contributed by atoms with Gasteiger partial charge in [0.25, 0.3) is 24.5 Å². The Labute approximate surface area is 344 Å². The second-order valence-corrected chi connectivity index (χ2v) is 16.3. The highest BCUT2D eigenvalue weighted by Gasteiger charge is 2.45. The van der Waals surface area contributed by atoms with Gasteiger partial charge in [0.15, 0.2) is 5.60 Å². The Morgan fingerprint density at radius 2 is 1.14 bits per heavy atom. The largest absolute Gasteiger partial charge is 0.481 e. The average molecular weight is 810 g/mol. The molecule has 2 atom stereocenters.